The Balaban J connectivity index is 1.82. The number of aryl methyl sites for hydroxylation is 1. The van der Waals surface area contributed by atoms with Gasteiger partial charge < -0.3 is 19.3 Å². The van der Waals surface area contributed by atoms with Crippen molar-refractivity contribution >= 4 is 23.2 Å². The van der Waals surface area contributed by atoms with Crippen LogP contribution in [0.3, 0.4) is 0 Å². The summed E-state index contributed by atoms with van der Waals surface area (Å²) in [5, 5.41) is 0. The predicted molar refractivity (Wildman–Crippen MR) is 134 cm³/mol. The van der Waals surface area contributed by atoms with E-state index in [0.717, 1.165) is 22.5 Å². The van der Waals surface area contributed by atoms with Gasteiger partial charge in [0.2, 0.25) is 11.8 Å². The molecule has 1 aliphatic rings. The molecule has 0 spiro atoms. The van der Waals surface area contributed by atoms with Crippen LogP contribution < -0.4 is 19.3 Å². The first-order chi connectivity index (χ1) is 16.4. The first-order valence-electron chi connectivity index (χ1n) is 11.4. The summed E-state index contributed by atoms with van der Waals surface area (Å²) in [5.41, 5.74) is 3.52. The number of nitrogens with zero attached hydrogens (tertiary/aromatic N) is 2. The fourth-order valence-corrected chi connectivity index (χ4v) is 4.61. The maximum absolute atomic E-state index is 13.8. The summed E-state index contributed by atoms with van der Waals surface area (Å²) in [4.78, 5) is 30.6. The summed E-state index contributed by atoms with van der Waals surface area (Å²) in [7, 11) is 4.95. The summed E-state index contributed by atoms with van der Waals surface area (Å²) < 4.78 is 11.0. The summed E-state index contributed by atoms with van der Waals surface area (Å²) in [6, 6.07) is 22.5. The molecule has 1 aliphatic heterocycles. The molecule has 2 atom stereocenters. The molecule has 1 fully saturated rings. The maximum Gasteiger partial charge on any atom is 0.232 e. The molecule has 176 valence electrons. The lowest BCUT2D eigenvalue weighted by Crippen LogP contribution is -2.48. The molecule has 0 N–H and O–H groups in total. The standard InChI is InChI=1S/C28H30N2O4/c1-19-10-13-22(14-11-19)30-26(31)17-15-23(28(32)29(2)21-8-6-5-7-9-21)27(30)20-12-16-24(33-3)25(18-20)34-4/h5-14,16,18,23,27H,15,17H2,1-4H3. The van der Waals surface area contributed by atoms with E-state index >= 15 is 0 Å². The van der Waals surface area contributed by atoms with E-state index in [0.29, 0.717) is 24.3 Å². The second kappa shape index (κ2) is 10.00. The third-order valence-corrected chi connectivity index (χ3v) is 6.45. The molecule has 34 heavy (non-hydrogen) atoms. The van der Waals surface area contributed by atoms with Crippen molar-refractivity contribution in [2.45, 2.75) is 25.8 Å². The Morgan fingerprint density at radius 2 is 1.62 bits per heavy atom. The topological polar surface area (TPSA) is 59.1 Å². The van der Waals surface area contributed by atoms with Gasteiger partial charge in [-0.15, -0.1) is 0 Å². The zero-order valence-electron chi connectivity index (χ0n) is 20.0. The van der Waals surface area contributed by atoms with E-state index in [-0.39, 0.29) is 11.8 Å². The van der Waals surface area contributed by atoms with Gasteiger partial charge in [0.05, 0.1) is 26.2 Å². The van der Waals surface area contributed by atoms with Crippen LogP contribution in [0.2, 0.25) is 0 Å². The van der Waals surface area contributed by atoms with Crippen molar-refractivity contribution in [3.8, 4) is 11.5 Å². The highest BCUT2D eigenvalue weighted by molar-refractivity contribution is 6.01. The van der Waals surface area contributed by atoms with Crippen LogP contribution in [-0.2, 0) is 9.59 Å². The van der Waals surface area contributed by atoms with Gasteiger partial charge in [-0.3, -0.25) is 9.59 Å². The van der Waals surface area contributed by atoms with Crippen molar-refractivity contribution in [2.24, 2.45) is 5.92 Å². The van der Waals surface area contributed by atoms with Crippen LogP contribution in [0.1, 0.15) is 30.0 Å². The minimum Gasteiger partial charge on any atom is -0.493 e. The number of carbonyl (C=O) groups is 2. The van der Waals surface area contributed by atoms with E-state index in [1.165, 1.54) is 0 Å². The number of carbonyl (C=O) groups excluding carboxylic acids is 2. The molecule has 0 aromatic heterocycles. The molecule has 2 unspecified atom stereocenters. The fourth-order valence-electron chi connectivity index (χ4n) is 4.61. The largest absolute Gasteiger partial charge is 0.493 e. The second-order valence-electron chi connectivity index (χ2n) is 8.54. The highest BCUT2D eigenvalue weighted by atomic mass is 16.5. The molecule has 0 aliphatic carbocycles. The number of rotatable bonds is 6. The van der Waals surface area contributed by atoms with Crippen molar-refractivity contribution in [3.63, 3.8) is 0 Å². The van der Waals surface area contributed by atoms with Gasteiger partial charge in [-0.25, -0.2) is 0 Å². The molecule has 3 aromatic carbocycles. The SMILES string of the molecule is COc1ccc(C2C(C(=O)N(C)c3ccccc3)CCC(=O)N2c2ccc(C)cc2)cc1OC. The monoisotopic (exact) mass is 458 g/mol. The van der Waals surface area contributed by atoms with Gasteiger partial charge in [0.25, 0.3) is 0 Å². The number of methoxy groups -OCH3 is 2. The lowest BCUT2D eigenvalue weighted by Gasteiger charge is -2.42. The number of amides is 2. The van der Waals surface area contributed by atoms with Crippen LogP contribution >= 0.6 is 0 Å². The number of ether oxygens (including phenoxy) is 2. The van der Waals surface area contributed by atoms with Crippen LogP contribution in [0.4, 0.5) is 11.4 Å². The molecule has 1 heterocycles. The molecule has 4 rings (SSSR count). The number of anilines is 2. The molecule has 0 radical (unpaired) electrons. The number of hydrogen-bond acceptors (Lipinski definition) is 4. The Kier molecular flexibility index (Phi) is 6.87. The van der Waals surface area contributed by atoms with E-state index in [1.807, 2.05) is 79.7 Å². The highest BCUT2D eigenvalue weighted by Gasteiger charge is 2.43. The number of piperidine rings is 1. The average molecular weight is 459 g/mol. The minimum atomic E-state index is -0.484. The Morgan fingerprint density at radius 1 is 0.941 bits per heavy atom. The Labute approximate surface area is 200 Å². The van der Waals surface area contributed by atoms with E-state index in [2.05, 4.69) is 0 Å². The summed E-state index contributed by atoms with van der Waals surface area (Å²) >= 11 is 0. The zero-order chi connectivity index (χ0) is 24.2. The zero-order valence-corrected chi connectivity index (χ0v) is 20.0. The fraction of sp³-hybridized carbons (Fsp3) is 0.286. The van der Waals surface area contributed by atoms with Crippen LogP contribution in [0.5, 0.6) is 11.5 Å². The van der Waals surface area contributed by atoms with Gasteiger partial charge in [0.15, 0.2) is 11.5 Å². The molecular formula is C28H30N2O4. The Bertz CT molecular complexity index is 1160. The smallest absolute Gasteiger partial charge is 0.232 e. The summed E-state index contributed by atoms with van der Waals surface area (Å²) in [5.74, 6) is 0.692. The summed E-state index contributed by atoms with van der Waals surface area (Å²) in [6.07, 6.45) is 0.771. The Morgan fingerprint density at radius 3 is 2.26 bits per heavy atom. The van der Waals surface area contributed by atoms with Gasteiger partial charge in [0.1, 0.15) is 0 Å². The van der Waals surface area contributed by atoms with E-state index in [1.54, 1.807) is 31.1 Å². The maximum atomic E-state index is 13.8. The molecule has 2 amide bonds. The van der Waals surface area contributed by atoms with E-state index in [9.17, 15) is 9.59 Å². The van der Waals surface area contributed by atoms with Crippen molar-refractivity contribution in [2.75, 3.05) is 31.1 Å². The summed E-state index contributed by atoms with van der Waals surface area (Å²) in [6.45, 7) is 2.01. The van der Waals surface area contributed by atoms with E-state index < -0.39 is 12.0 Å². The van der Waals surface area contributed by atoms with Crippen molar-refractivity contribution in [1.29, 1.82) is 0 Å². The molecule has 6 heteroatoms. The third kappa shape index (κ3) is 4.49. The number of hydrogen-bond donors (Lipinski definition) is 0. The lowest BCUT2D eigenvalue weighted by molar-refractivity contribution is -0.127. The van der Waals surface area contributed by atoms with Gasteiger partial charge >= 0.3 is 0 Å². The van der Waals surface area contributed by atoms with Crippen LogP contribution in [0.25, 0.3) is 0 Å². The second-order valence-corrected chi connectivity index (χ2v) is 8.54. The van der Waals surface area contributed by atoms with Crippen LogP contribution in [0, 0.1) is 12.8 Å². The third-order valence-electron chi connectivity index (χ3n) is 6.45. The predicted octanol–water partition coefficient (Wildman–Crippen LogP) is 5.16. The van der Waals surface area contributed by atoms with Crippen molar-refractivity contribution in [3.05, 3.63) is 83.9 Å². The van der Waals surface area contributed by atoms with Gasteiger partial charge in [-0.2, -0.15) is 0 Å². The van der Waals surface area contributed by atoms with Crippen molar-refractivity contribution < 1.29 is 19.1 Å². The lowest BCUT2D eigenvalue weighted by atomic mass is 9.82. The van der Waals surface area contributed by atoms with Crippen LogP contribution in [0.15, 0.2) is 72.8 Å². The molecule has 3 aromatic rings. The minimum absolute atomic E-state index is 0.00458. The highest BCUT2D eigenvalue weighted by Crippen LogP contribution is 2.43. The molecule has 1 saturated heterocycles. The molecule has 6 nitrogen and oxygen atoms in total. The first-order valence-corrected chi connectivity index (χ1v) is 11.4. The normalized spacial score (nSPS) is 17.9. The van der Waals surface area contributed by atoms with Gasteiger partial charge in [0, 0.05) is 24.8 Å². The van der Waals surface area contributed by atoms with Gasteiger partial charge in [-0.05, 0) is 55.3 Å². The molecular weight excluding hydrogens is 428 g/mol. The first kappa shape index (κ1) is 23.4. The van der Waals surface area contributed by atoms with Gasteiger partial charge in [-0.1, -0.05) is 42.0 Å². The quantitative estimate of drug-likeness (QED) is 0.512. The Hall–Kier alpha value is -3.80. The number of para-hydroxylation sites is 1. The molecule has 0 bridgehead atoms. The molecule has 0 saturated carbocycles. The number of benzene rings is 3. The van der Waals surface area contributed by atoms with E-state index in [4.69, 9.17) is 9.47 Å². The van der Waals surface area contributed by atoms with Crippen molar-refractivity contribution in [1.82, 2.24) is 0 Å². The average Bonchev–Trinajstić information content (AvgIpc) is 2.88. The van der Waals surface area contributed by atoms with Crippen LogP contribution in [-0.4, -0.2) is 33.1 Å².